The van der Waals surface area contributed by atoms with Gasteiger partial charge >= 0.3 is 5.97 Å². The molecule has 5 heteroatoms. The highest BCUT2D eigenvalue weighted by atomic mass is 16.5. The van der Waals surface area contributed by atoms with E-state index >= 15 is 0 Å². The van der Waals surface area contributed by atoms with Gasteiger partial charge in [-0.3, -0.25) is 4.79 Å². The van der Waals surface area contributed by atoms with Crippen LogP contribution in [0.5, 0.6) is 5.75 Å². The molecule has 106 valence electrons. The van der Waals surface area contributed by atoms with E-state index in [-0.39, 0.29) is 6.61 Å². The number of rotatable bonds is 4. The van der Waals surface area contributed by atoms with E-state index in [4.69, 9.17) is 9.47 Å². The first-order valence-electron chi connectivity index (χ1n) is 6.36. The van der Waals surface area contributed by atoms with Gasteiger partial charge < -0.3 is 14.0 Å². The number of para-hydroxylation sites is 1. The summed E-state index contributed by atoms with van der Waals surface area (Å²) in [7, 11) is 3.31. The van der Waals surface area contributed by atoms with Crippen LogP contribution >= 0.6 is 0 Å². The number of hydrogen-bond acceptors (Lipinski definition) is 4. The molecular weight excluding hydrogens is 258 g/mol. The van der Waals surface area contributed by atoms with Gasteiger partial charge in [0.15, 0.2) is 0 Å². The Morgan fingerprint density at radius 1 is 1.30 bits per heavy atom. The van der Waals surface area contributed by atoms with Crippen LogP contribution in [0.25, 0.3) is 10.9 Å². The summed E-state index contributed by atoms with van der Waals surface area (Å²) in [4.78, 5) is 23.9. The van der Waals surface area contributed by atoms with E-state index in [1.807, 2.05) is 25.1 Å². The van der Waals surface area contributed by atoms with Crippen LogP contribution < -0.4 is 4.74 Å². The fraction of sp³-hybridized carbons (Fsp3) is 0.333. The van der Waals surface area contributed by atoms with Gasteiger partial charge in [-0.1, -0.05) is 12.1 Å². The van der Waals surface area contributed by atoms with Crippen molar-refractivity contribution in [3.8, 4) is 5.75 Å². The third kappa shape index (κ3) is 2.05. The standard InChI is InChI=1S/C15H17NO4/c1-5-20-15(18)14(17)12-9(2)10-7-6-8-11(19-4)13(10)16(12)3/h6-8H,5H2,1-4H3. The van der Waals surface area contributed by atoms with Gasteiger partial charge in [-0.15, -0.1) is 0 Å². The van der Waals surface area contributed by atoms with Crippen molar-refractivity contribution in [1.29, 1.82) is 0 Å². The summed E-state index contributed by atoms with van der Waals surface area (Å²) in [5.41, 5.74) is 1.88. The Balaban J connectivity index is 2.66. The first kappa shape index (κ1) is 14.1. The van der Waals surface area contributed by atoms with Crippen LogP contribution in [0.2, 0.25) is 0 Å². The molecule has 0 saturated heterocycles. The van der Waals surface area contributed by atoms with Crippen molar-refractivity contribution >= 4 is 22.7 Å². The molecule has 0 aliphatic carbocycles. The summed E-state index contributed by atoms with van der Waals surface area (Å²) in [5, 5.41) is 0.888. The van der Waals surface area contributed by atoms with Crippen LogP contribution in [0.4, 0.5) is 0 Å². The number of carbonyl (C=O) groups is 2. The van der Waals surface area contributed by atoms with Crippen LogP contribution in [0.3, 0.4) is 0 Å². The Morgan fingerprint density at radius 3 is 2.60 bits per heavy atom. The second kappa shape index (κ2) is 5.36. The van der Waals surface area contributed by atoms with Gasteiger partial charge in [-0.25, -0.2) is 4.79 Å². The maximum atomic E-state index is 12.2. The SMILES string of the molecule is CCOC(=O)C(=O)c1c(C)c2cccc(OC)c2n1C. The third-order valence-corrected chi connectivity index (χ3v) is 3.32. The molecule has 0 bridgehead atoms. The molecule has 0 spiro atoms. The van der Waals surface area contributed by atoms with Gasteiger partial charge in [0.2, 0.25) is 0 Å². The van der Waals surface area contributed by atoms with Gasteiger partial charge in [0, 0.05) is 12.4 Å². The second-order valence-corrected chi connectivity index (χ2v) is 4.44. The zero-order chi connectivity index (χ0) is 14.9. The predicted octanol–water partition coefficient (Wildman–Crippen LogP) is 2.24. The van der Waals surface area contributed by atoms with Gasteiger partial charge in [-0.2, -0.15) is 0 Å². The average molecular weight is 275 g/mol. The van der Waals surface area contributed by atoms with Crippen molar-refractivity contribution in [2.75, 3.05) is 13.7 Å². The molecule has 2 rings (SSSR count). The van der Waals surface area contributed by atoms with E-state index in [9.17, 15) is 9.59 Å². The molecule has 0 radical (unpaired) electrons. The fourth-order valence-electron chi connectivity index (χ4n) is 2.44. The van der Waals surface area contributed by atoms with E-state index in [0.717, 1.165) is 16.5 Å². The lowest BCUT2D eigenvalue weighted by molar-refractivity contribution is -0.137. The summed E-state index contributed by atoms with van der Waals surface area (Å²) in [6.45, 7) is 3.66. The topological polar surface area (TPSA) is 57.5 Å². The predicted molar refractivity (Wildman–Crippen MR) is 75.2 cm³/mol. The molecule has 0 unspecified atom stereocenters. The number of ether oxygens (including phenoxy) is 2. The Kier molecular flexibility index (Phi) is 3.79. The minimum Gasteiger partial charge on any atom is -0.495 e. The molecule has 1 aromatic heterocycles. The minimum atomic E-state index is -0.833. The molecule has 0 saturated carbocycles. The van der Waals surface area contributed by atoms with Crippen molar-refractivity contribution < 1.29 is 19.1 Å². The number of hydrogen-bond donors (Lipinski definition) is 0. The van der Waals surface area contributed by atoms with Crippen molar-refractivity contribution in [3.05, 3.63) is 29.5 Å². The number of carbonyl (C=O) groups excluding carboxylic acids is 2. The lowest BCUT2D eigenvalue weighted by Crippen LogP contribution is -2.21. The summed E-state index contributed by atoms with van der Waals surface area (Å²) < 4.78 is 11.8. The number of methoxy groups -OCH3 is 1. The van der Waals surface area contributed by atoms with E-state index in [0.29, 0.717) is 11.4 Å². The average Bonchev–Trinajstić information content (AvgIpc) is 2.70. The molecule has 0 aliphatic rings. The van der Waals surface area contributed by atoms with E-state index in [1.165, 1.54) is 0 Å². The zero-order valence-corrected chi connectivity index (χ0v) is 12.0. The monoisotopic (exact) mass is 275 g/mol. The Morgan fingerprint density at radius 2 is 2.00 bits per heavy atom. The first-order valence-corrected chi connectivity index (χ1v) is 6.36. The lowest BCUT2D eigenvalue weighted by Gasteiger charge is -2.06. The smallest absolute Gasteiger partial charge is 0.381 e. The van der Waals surface area contributed by atoms with Crippen LogP contribution in [0.15, 0.2) is 18.2 Å². The molecular formula is C15H17NO4. The summed E-state index contributed by atoms with van der Waals surface area (Å²) in [6.07, 6.45) is 0. The summed E-state index contributed by atoms with van der Waals surface area (Å²) in [6, 6.07) is 5.57. The number of nitrogens with zero attached hydrogens (tertiary/aromatic N) is 1. The molecule has 5 nitrogen and oxygen atoms in total. The van der Waals surface area contributed by atoms with Crippen molar-refractivity contribution in [2.24, 2.45) is 7.05 Å². The fourth-order valence-corrected chi connectivity index (χ4v) is 2.44. The highest BCUT2D eigenvalue weighted by Crippen LogP contribution is 2.31. The third-order valence-electron chi connectivity index (χ3n) is 3.32. The molecule has 20 heavy (non-hydrogen) atoms. The Hall–Kier alpha value is -2.30. The van der Waals surface area contributed by atoms with Crippen molar-refractivity contribution in [3.63, 3.8) is 0 Å². The zero-order valence-electron chi connectivity index (χ0n) is 12.0. The number of benzene rings is 1. The number of aromatic nitrogens is 1. The van der Waals surface area contributed by atoms with Crippen molar-refractivity contribution in [1.82, 2.24) is 4.57 Å². The highest BCUT2D eigenvalue weighted by molar-refractivity contribution is 6.41. The quantitative estimate of drug-likeness (QED) is 0.488. The molecule has 0 N–H and O–H groups in total. The number of esters is 1. The molecule has 1 heterocycles. The summed E-state index contributed by atoms with van der Waals surface area (Å²) in [5.74, 6) is -0.804. The molecule has 0 fully saturated rings. The van der Waals surface area contributed by atoms with Gasteiger partial charge in [0.1, 0.15) is 11.4 Å². The number of aryl methyl sites for hydroxylation is 2. The van der Waals surface area contributed by atoms with Gasteiger partial charge in [0.25, 0.3) is 5.78 Å². The molecule has 2 aromatic rings. The molecule has 0 aliphatic heterocycles. The van der Waals surface area contributed by atoms with Crippen LogP contribution in [0, 0.1) is 6.92 Å². The van der Waals surface area contributed by atoms with Crippen LogP contribution in [0.1, 0.15) is 23.0 Å². The number of ketones is 1. The lowest BCUT2D eigenvalue weighted by atomic mass is 10.1. The highest BCUT2D eigenvalue weighted by Gasteiger charge is 2.26. The maximum absolute atomic E-state index is 12.2. The molecule has 0 atom stereocenters. The Bertz CT molecular complexity index is 685. The van der Waals surface area contributed by atoms with E-state index < -0.39 is 11.8 Å². The van der Waals surface area contributed by atoms with Crippen LogP contribution in [-0.2, 0) is 16.6 Å². The second-order valence-electron chi connectivity index (χ2n) is 4.44. The van der Waals surface area contributed by atoms with E-state index in [2.05, 4.69) is 0 Å². The number of fused-ring (bicyclic) bond motifs is 1. The maximum Gasteiger partial charge on any atom is 0.381 e. The first-order chi connectivity index (χ1) is 9.52. The van der Waals surface area contributed by atoms with E-state index in [1.54, 1.807) is 25.6 Å². The largest absolute Gasteiger partial charge is 0.495 e. The Labute approximate surface area is 117 Å². The molecule has 1 aromatic carbocycles. The van der Waals surface area contributed by atoms with Crippen LogP contribution in [-0.4, -0.2) is 30.0 Å². The molecule has 0 amide bonds. The normalized spacial score (nSPS) is 10.6. The number of Topliss-reactive ketones (excluding diaryl/α,β-unsaturated/α-hetero) is 1. The summed E-state index contributed by atoms with van der Waals surface area (Å²) >= 11 is 0. The van der Waals surface area contributed by atoms with Gasteiger partial charge in [0.05, 0.1) is 19.2 Å². The van der Waals surface area contributed by atoms with Crippen molar-refractivity contribution in [2.45, 2.75) is 13.8 Å². The van der Waals surface area contributed by atoms with Gasteiger partial charge in [-0.05, 0) is 25.5 Å². The minimum absolute atomic E-state index is 0.177.